The summed E-state index contributed by atoms with van der Waals surface area (Å²) in [5, 5.41) is 12.0. The lowest BCUT2D eigenvalue weighted by Gasteiger charge is -2.33. The first-order valence-corrected chi connectivity index (χ1v) is 5.45. The number of nitrogens with one attached hydrogen (secondary N) is 1. The fraction of sp³-hybridized carbons (Fsp3) is 0.909. The molecular formula is C11H24N2O2. The van der Waals surface area contributed by atoms with Crippen LogP contribution in [0.3, 0.4) is 0 Å². The van der Waals surface area contributed by atoms with Crippen LogP contribution < -0.4 is 5.32 Å². The van der Waals surface area contributed by atoms with Gasteiger partial charge in [-0.25, -0.2) is 0 Å². The first kappa shape index (κ1) is 14.4. The van der Waals surface area contributed by atoms with Crippen molar-refractivity contribution in [1.82, 2.24) is 10.2 Å². The molecule has 0 aliphatic heterocycles. The number of carbonyl (C=O) groups excluding carboxylic acids is 1. The molecule has 1 amide bonds. The second-order valence-electron chi connectivity index (χ2n) is 4.70. The van der Waals surface area contributed by atoms with Crippen molar-refractivity contribution in [2.45, 2.75) is 45.7 Å². The highest BCUT2D eigenvalue weighted by atomic mass is 16.3. The van der Waals surface area contributed by atoms with Gasteiger partial charge in [-0.1, -0.05) is 6.92 Å². The van der Waals surface area contributed by atoms with Crippen molar-refractivity contribution in [3.8, 4) is 0 Å². The number of hydrogen-bond donors (Lipinski definition) is 2. The van der Waals surface area contributed by atoms with Crippen molar-refractivity contribution >= 4 is 5.91 Å². The van der Waals surface area contributed by atoms with E-state index in [4.69, 9.17) is 5.11 Å². The zero-order valence-corrected chi connectivity index (χ0v) is 10.5. The van der Waals surface area contributed by atoms with E-state index in [0.29, 0.717) is 6.54 Å². The van der Waals surface area contributed by atoms with E-state index in [1.165, 1.54) is 0 Å². The molecule has 0 aliphatic carbocycles. The summed E-state index contributed by atoms with van der Waals surface area (Å²) in [6, 6.07) is 0.211. The van der Waals surface area contributed by atoms with Gasteiger partial charge in [0.1, 0.15) is 0 Å². The zero-order valence-electron chi connectivity index (χ0n) is 10.5. The average molecular weight is 216 g/mol. The molecule has 0 aromatic carbocycles. The summed E-state index contributed by atoms with van der Waals surface area (Å²) in [6.07, 6.45) is 0.929. The van der Waals surface area contributed by atoms with Crippen LogP contribution in [0.15, 0.2) is 0 Å². The molecule has 1 unspecified atom stereocenters. The summed E-state index contributed by atoms with van der Waals surface area (Å²) in [6.45, 7) is 8.19. The molecule has 1 atom stereocenters. The number of aliphatic hydroxyl groups is 1. The van der Waals surface area contributed by atoms with Gasteiger partial charge in [0.2, 0.25) is 5.91 Å². The Labute approximate surface area is 92.7 Å². The number of likely N-dealkylation sites (N-methyl/N-ethyl adjacent to an activating group) is 1. The van der Waals surface area contributed by atoms with Crippen LogP contribution in [-0.4, -0.2) is 47.7 Å². The Kier molecular flexibility index (Phi) is 5.83. The Hall–Kier alpha value is -0.610. The number of carbonyl (C=O) groups is 1. The van der Waals surface area contributed by atoms with E-state index in [0.717, 1.165) is 6.42 Å². The Morgan fingerprint density at radius 3 is 2.47 bits per heavy atom. The minimum atomic E-state index is -0.354. The van der Waals surface area contributed by atoms with Gasteiger partial charge < -0.3 is 10.4 Å². The molecule has 0 heterocycles. The SMILES string of the molecule is CCC(C)NC(=O)CN(C)C(C)(C)CO. The van der Waals surface area contributed by atoms with Crippen molar-refractivity contribution in [3.63, 3.8) is 0 Å². The molecule has 2 N–H and O–H groups in total. The van der Waals surface area contributed by atoms with Gasteiger partial charge in [0, 0.05) is 11.6 Å². The lowest BCUT2D eigenvalue weighted by molar-refractivity contribution is -0.124. The fourth-order valence-electron chi connectivity index (χ4n) is 0.973. The third-order valence-electron chi connectivity index (χ3n) is 2.82. The molecule has 0 spiro atoms. The van der Waals surface area contributed by atoms with Gasteiger partial charge in [-0.05, 0) is 34.2 Å². The van der Waals surface area contributed by atoms with Crippen LogP contribution in [0.25, 0.3) is 0 Å². The lowest BCUT2D eigenvalue weighted by Crippen LogP contribution is -2.49. The topological polar surface area (TPSA) is 52.6 Å². The summed E-state index contributed by atoms with van der Waals surface area (Å²) in [5.74, 6) is 0.00775. The molecule has 0 aromatic rings. The van der Waals surface area contributed by atoms with Crippen LogP contribution in [0.4, 0.5) is 0 Å². The number of rotatable bonds is 6. The average Bonchev–Trinajstić information content (AvgIpc) is 2.17. The van der Waals surface area contributed by atoms with Crippen molar-refractivity contribution in [2.24, 2.45) is 0 Å². The van der Waals surface area contributed by atoms with E-state index < -0.39 is 0 Å². The second kappa shape index (κ2) is 6.08. The molecule has 0 saturated heterocycles. The van der Waals surface area contributed by atoms with Gasteiger partial charge in [0.25, 0.3) is 0 Å². The normalized spacial score (nSPS) is 14.1. The number of amides is 1. The van der Waals surface area contributed by atoms with Crippen LogP contribution in [0.2, 0.25) is 0 Å². The van der Waals surface area contributed by atoms with Crippen LogP contribution in [0.1, 0.15) is 34.1 Å². The third kappa shape index (κ3) is 5.14. The third-order valence-corrected chi connectivity index (χ3v) is 2.82. The van der Waals surface area contributed by atoms with Gasteiger partial charge in [-0.3, -0.25) is 9.69 Å². The summed E-state index contributed by atoms with van der Waals surface area (Å²) >= 11 is 0. The first-order chi connectivity index (χ1) is 6.83. The highest BCUT2D eigenvalue weighted by molar-refractivity contribution is 5.78. The van der Waals surface area contributed by atoms with Crippen molar-refractivity contribution in [1.29, 1.82) is 0 Å². The Morgan fingerprint density at radius 2 is 2.07 bits per heavy atom. The molecule has 0 aliphatic rings. The minimum absolute atomic E-state index is 0.00775. The second-order valence-corrected chi connectivity index (χ2v) is 4.70. The van der Waals surface area contributed by atoms with Crippen LogP contribution >= 0.6 is 0 Å². The highest BCUT2D eigenvalue weighted by Crippen LogP contribution is 2.09. The maximum absolute atomic E-state index is 11.6. The summed E-state index contributed by atoms with van der Waals surface area (Å²) < 4.78 is 0. The minimum Gasteiger partial charge on any atom is -0.394 e. The first-order valence-electron chi connectivity index (χ1n) is 5.45. The Balaban J connectivity index is 4.07. The van der Waals surface area contributed by atoms with Gasteiger partial charge >= 0.3 is 0 Å². The van der Waals surface area contributed by atoms with Crippen LogP contribution in [0, 0.1) is 0 Å². The quantitative estimate of drug-likeness (QED) is 0.684. The predicted octanol–water partition coefficient (Wildman–Crippen LogP) is 0.604. The number of aliphatic hydroxyl groups excluding tert-OH is 1. The number of nitrogens with zero attached hydrogens (tertiary/aromatic N) is 1. The van der Waals surface area contributed by atoms with E-state index in [2.05, 4.69) is 5.32 Å². The van der Waals surface area contributed by atoms with E-state index in [9.17, 15) is 4.79 Å². The van der Waals surface area contributed by atoms with Gasteiger partial charge in [0.05, 0.1) is 13.2 Å². The van der Waals surface area contributed by atoms with E-state index in [1.54, 1.807) is 0 Å². The van der Waals surface area contributed by atoms with E-state index in [1.807, 2.05) is 39.6 Å². The van der Waals surface area contributed by atoms with Gasteiger partial charge in [-0.15, -0.1) is 0 Å². The molecule has 0 rings (SSSR count). The molecule has 0 saturated carbocycles. The molecule has 0 radical (unpaired) electrons. The Bertz CT molecular complexity index is 205. The zero-order chi connectivity index (χ0) is 12.1. The molecule has 0 bridgehead atoms. The van der Waals surface area contributed by atoms with E-state index in [-0.39, 0.29) is 24.1 Å². The lowest BCUT2D eigenvalue weighted by atomic mass is 10.1. The Morgan fingerprint density at radius 1 is 1.53 bits per heavy atom. The smallest absolute Gasteiger partial charge is 0.234 e. The molecule has 4 nitrogen and oxygen atoms in total. The monoisotopic (exact) mass is 216 g/mol. The fourth-order valence-corrected chi connectivity index (χ4v) is 0.973. The molecular weight excluding hydrogens is 192 g/mol. The largest absolute Gasteiger partial charge is 0.394 e. The maximum Gasteiger partial charge on any atom is 0.234 e. The number of hydrogen-bond acceptors (Lipinski definition) is 3. The molecule has 0 aromatic heterocycles. The van der Waals surface area contributed by atoms with Crippen molar-refractivity contribution in [2.75, 3.05) is 20.2 Å². The summed E-state index contributed by atoms with van der Waals surface area (Å²) in [5.41, 5.74) is -0.354. The van der Waals surface area contributed by atoms with E-state index >= 15 is 0 Å². The maximum atomic E-state index is 11.6. The van der Waals surface area contributed by atoms with Crippen LogP contribution in [-0.2, 0) is 4.79 Å². The molecule has 0 fully saturated rings. The van der Waals surface area contributed by atoms with Crippen molar-refractivity contribution in [3.05, 3.63) is 0 Å². The molecule has 15 heavy (non-hydrogen) atoms. The highest BCUT2D eigenvalue weighted by Gasteiger charge is 2.24. The molecule has 4 heteroatoms. The predicted molar refractivity (Wildman–Crippen MR) is 61.7 cm³/mol. The van der Waals surface area contributed by atoms with Crippen LogP contribution in [0.5, 0.6) is 0 Å². The standard InChI is InChI=1S/C11H24N2O2/c1-6-9(2)12-10(15)7-13(5)11(3,4)8-14/h9,14H,6-8H2,1-5H3,(H,12,15). The van der Waals surface area contributed by atoms with Gasteiger partial charge in [0.15, 0.2) is 0 Å². The molecule has 90 valence electrons. The summed E-state index contributed by atoms with van der Waals surface area (Å²) in [7, 11) is 1.84. The van der Waals surface area contributed by atoms with Gasteiger partial charge in [-0.2, -0.15) is 0 Å². The summed E-state index contributed by atoms with van der Waals surface area (Å²) in [4.78, 5) is 13.4. The van der Waals surface area contributed by atoms with Crippen molar-refractivity contribution < 1.29 is 9.90 Å².